The molecule has 2 aromatic heterocycles. The maximum Gasteiger partial charge on any atom is 0.224 e. The van der Waals surface area contributed by atoms with Crippen molar-refractivity contribution >= 4 is 22.4 Å². The van der Waals surface area contributed by atoms with Crippen LogP contribution >= 0.6 is 11.3 Å². The first kappa shape index (κ1) is 19.4. The van der Waals surface area contributed by atoms with Crippen LogP contribution in [0.5, 0.6) is 0 Å². The fraction of sp³-hybridized carbons (Fsp3) is 0.650. The number of aromatic nitrogens is 3. The molecule has 0 aromatic carbocycles. The first-order chi connectivity index (χ1) is 13.6. The van der Waals surface area contributed by atoms with Crippen LogP contribution in [0.4, 0.5) is 5.13 Å². The summed E-state index contributed by atoms with van der Waals surface area (Å²) in [7, 11) is 0. The van der Waals surface area contributed by atoms with Gasteiger partial charge in [-0.25, -0.2) is 0 Å². The third-order valence-corrected chi connectivity index (χ3v) is 6.82. The Morgan fingerprint density at radius 1 is 1.11 bits per heavy atom. The molecule has 28 heavy (non-hydrogen) atoms. The lowest BCUT2D eigenvalue weighted by atomic mass is 9.97. The van der Waals surface area contributed by atoms with Gasteiger partial charge in [-0.1, -0.05) is 11.3 Å². The van der Waals surface area contributed by atoms with E-state index in [1.165, 1.54) is 25.9 Å². The molecular weight excluding hydrogens is 372 g/mol. The van der Waals surface area contributed by atoms with Crippen LogP contribution in [0.1, 0.15) is 37.1 Å². The van der Waals surface area contributed by atoms with E-state index < -0.39 is 0 Å². The Morgan fingerprint density at radius 3 is 2.57 bits per heavy atom. The monoisotopic (exact) mass is 402 g/mol. The molecule has 0 radical (unpaired) electrons. The molecule has 7 nitrogen and oxygen atoms in total. The number of likely N-dealkylation sites (tertiary alicyclic amines) is 1. The lowest BCUT2D eigenvalue weighted by Gasteiger charge is -2.31. The fourth-order valence-corrected chi connectivity index (χ4v) is 5.25. The van der Waals surface area contributed by atoms with Gasteiger partial charge in [0, 0.05) is 37.6 Å². The standard InChI is InChI=1S/C20H30N6OS/c1-15-7-8-16(2)26(15)20-23-22-19(28-20)25-12-5-6-17(14-25)18(27)21-9-13-24-10-3-4-11-24/h7-8,17H,3-6,9-14H2,1-2H3,(H,21,27). The average Bonchev–Trinajstić information content (AvgIpc) is 3.44. The van der Waals surface area contributed by atoms with Gasteiger partial charge in [-0.05, 0) is 64.8 Å². The zero-order valence-corrected chi connectivity index (χ0v) is 17.7. The van der Waals surface area contributed by atoms with Gasteiger partial charge < -0.3 is 15.1 Å². The van der Waals surface area contributed by atoms with Crippen LogP contribution in [-0.2, 0) is 4.79 Å². The highest BCUT2D eigenvalue weighted by Crippen LogP contribution is 2.29. The van der Waals surface area contributed by atoms with Crippen molar-refractivity contribution in [3.8, 4) is 5.13 Å². The summed E-state index contributed by atoms with van der Waals surface area (Å²) in [5, 5.41) is 13.8. The SMILES string of the molecule is Cc1ccc(C)n1-c1nnc(N2CCCC(C(=O)NCCN3CCCC3)C2)s1. The van der Waals surface area contributed by atoms with Gasteiger partial charge in [-0.15, -0.1) is 10.2 Å². The number of carbonyl (C=O) groups excluding carboxylic acids is 1. The van der Waals surface area contributed by atoms with Crippen molar-refractivity contribution in [1.29, 1.82) is 0 Å². The van der Waals surface area contributed by atoms with Gasteiger partial charge in [0.05, 0.1) is 5.92 Å². The van der Waals surface area contributed by atoms with E-state index in [1.54, 1.807) is 11.3 Å². The minimum atomic E-state index is 0.0368. The highest BCUT2D eigenvalue weighted by Gasteiger charge is 2.28. The lowest BCUT2D eigenvalue weighted by molar-refractivity contribution is -0.125. The Morgan fingerprint density at radius 2 is 1.82 bits per heavy atom. The van der Waals surface area contributed by atoms with Crippen LogP contribution in [0.15, 0.2) is 12.1 Å². The topological polar surface area (TPSA) is 66.3 Å². The Bertz CT molecular complexity index is 790. The lowest BCUT2D eigenvalue weighted by Crippen LogP contribution is -2.44. The van der Waals surface area contributed by atoms with Gasteiger partial charge >= 0.3 is 0 Å². The number of hydrogen-bond acceptors (Lipinski definition) is 6. The van der Waals surface area contributed by atoms with Crippen molar-refractivity contribution in [3.63, 3.8) is 0 Å². The highest BCUT2D eigenvalue weighted by atomic mass is 32.1. The number of rotatable bonds is 6. The van der Waals surface area contributed by atoms with E-state index >= 15 is 0 Å². The van der Waals surface area contributed by atoms with E-state index in [9.17, 15) is 4.79 Å². The normalized spacial score (nSPS) is 20.6. The van der Waals surface area contributed by atoms with Crippen LogP contribution in [0.25, 0.3) is 5.13 Å². The second-order valence-electron chi connectivity index (χ2n) is 7.94. The molecule has 2 aliphatic rings. The third kappa shape index (κ3) is 4.22. The molecule has 4 rings (SSSR count). The fourth-order valence-electron chi connectivity index (χ4n) is 4.25. The largest absolute Gasteiger partial charge is 0.355 e. The molecule has 0 aliphatic carbocycles. The number of hydrogen-bond donors (Lipinski definition) is 1. The molecule has 2 fully saturated rings. The number of amides is 1. The molecule has 152 valence electrons. The molecule has 0 saturated carbocycles. The summed E-state index contributed by atoms with van der Waals surface area (Å²) >= 11 is 1.60. The average molecular weight is 403 g/mol. The molecule has 2 aromatic rings. The number of carbonyl (C=O) groups is 1. The number of nitrogens with one attached hydrogen (secondary N) is 1. The van der Waals surface area contributed by atoms with Gasteiger partial charge in [0.25, 0.3) is 0 Å². The first-order valence-corrected chi connectivity index (χ1v) is 11.2. The quantitative estimate of drug-likeness (QED) is 0.804. The molecule has 0 spiro atoms. The molecule has 1 unspecified atom stereocenters. The molecule has 4 heterocycles. The number of piperidine rings is 1. The third-order valence-electron chi connectivity index (χ3n) is 5.85. The van der Waals surface area contributed by atoms with Crippen molar-refractivity contribution in [2.75, 3.05) is 44.2 Å². The van der Waals surface area contributed by atoms with E-state index in [0.29, 0.717) is 0 Å². The zero-order chi connectivity index (χ0) is 19.5. The number of aryl methyl sites for hydroxylation is 2. The smallest absolute Gasteiger partial charge is 0.224 e. The van der Waals surface area contributed by atoms with Gasteiger partial charge in [-0.3, -0.25) is 9.36 Å². The van der Waals surface area contributed by atoms with Crippen molar-refractivity contribution in [1.82, 2.24) is 25.0 Å². The van der Waals surface area contributed by atoms with Crippen LogP contribution in [0.3, 0.4) is 0 Å². The molecule has 8 heteroatoms. The van der Waals surface area contributed by atoms with Crippen molar-refractivity contribution in [2.45, 2.75) is 39.5 Å². The van der Waals surface area contributed by atoms with Gasteiger partial charge in [0.15, 0.2) is 0 Å². The van der Waals surface area contributed by atoms with Crippen LogP contribution in [0, 0.1) is 19.8 Å². The highest BCUT2D eigenvalue weighted by molar-refractivity contribution is 7.17. The van der Waals surface area contributed by atoms with Crippen LogP contribution in [-0.4, -0.2) is 64.8 Å². The summed E-state index contributed by atoms with van der Waals surface area (Å²) in [6.45, 7) is 9.90. The van der Waals surface area contributed by atoms with Crippen molar-refractivity contribution < 1.29 is 4.79 Å². The maximum absolute atomic E-state index is 12.6. The minimum Gasteiger partial charge on any atom is -0.355 e. The Balaban J connectivity index is 1.34. The Hall–Kier alpha value is -1.93. The Labute approximate surface area is 170 Å². The molecule has 1 amide bonds. The first-order valence-electron chi connectivity index (χ1n) is 10.4. The van der Waals surface area contributed by atoms with E-state index in [4.69, 9.17) is 0 Å². The predicted octanol–water partition coefficient (Wildman–Crippen LogP) is 2.37. The second-order valence-corrected chi connectivity index (χ2v) is 8.88. The summed E-state index contributed by atoms with van der Waals surface area (Å²) < 4.78 is 2.13. The number of anilines is 1. The van der Waals surface area contributed by atoms with E-state index in [-0.39, 0.29) is 11.8 Å². The maximum atomic E-state index is 12.6. The summed E-state index contributed by atoms with van der Waals surface area (Å²) in [6, 6.07) is 4.19. The summed E-state index contributed by atoms with van der Waals surface area (Å²) in [5.74, 6) is 0.223. The van der Waals surface area contributed by atoms with E-state index in [2.05, 4.69) is 55.9 Å². The van der Waals surface area contributed by atoms with Crippen molar-refractivity contribution in [2.24, 2.45) is 5.92 Å². The van der Waals surface area contributed by atoms with Gasteiger partial charge in [0.1, 0.15) is 0 Å². The predicted molar refractivity (Wildman–Crippen MR) is 112 cm³/mol. The molecule has 2 aliphatic heterocycles. The summed E-state index contributed by atoms with van der Waals surface area (Å²) in [5.41, 5.74) is 2.32. The minimum absolute atomic E-state index is 0.0368. The van der Waals surface area contributed by atoms with Crippen LogP contribution < -0.4 is 10.2 Å². The Kier molecular flexibility index (Phi) is 5.96. The van der Waals surface area contributed by atoms with Crippen molar-refractivity contribution in [3.05, 3.63) is 23.5 Å². The molecule has 2 saturated heterocycles. The van der Waals surface area contributed by atoms with E-state index in [1.807, 2.05) is 0 Å². The molecular formula is C20H30N6OS. The zero-order valence-electron chi connectivity index (χ0n) is 16.9. The van der Waals surface area contributed by atoms with Gasteiger partial charge in [-0.2, -0.15) is 0 Å². The molecule has 0 bridgehead atoms. The molecule has 1 atom stereocenters. The van der Waals surface area contributed by atoms with Gasteiger partial charge in [0.2, 0.25) is 16.2 Å². The van der Waals surface area contributed by atoms with E-state index in [0.717, 1.165) is 60.7 Å². The second kappa shape index (κ2) is 8.61. The van der Waals surface area contributed by atoms with Crippen LogP contribution in [0.2, 0.25) is 0 Å². The molecule has 1 N–H and O–H groups in total. The summed E-state index contributed by atoms with van der Waals surface area (Å²) in [6.07, 6.45) is 4.54. The number of nitrogens with zero attached hydrogens (tertiary/aromatic N) is 5. The summed E-state index contributed by atoms with van der Waals surface area (Å²) in [4.78, 5) is 17.3.